The molecule has 1 fully saturated rings. The number of rotatable bonds is 2. The van der Waals surface area contributed by atoms with Crippen LogP contribution in [0.3, 0.4) is 0 Å². The summed E-state index contributed by atoms with van der Waals surface area (Å²) in [5.74, 6) is 0.171. The molecule has 2 aliphatic rings. The minimum atomic E-state index is -0.569. The molecule has 0 bridgehead atoms. The van der Waals surface area contributed by atoms with Crippen LogP contribution in [0.4, 0.5) is 0 Å². The second-order valence-electron chi connectivity index (χ2n) is 7.44. The third-order valence-corrected chi connectivity index (χ3v) is 4.54. The molecule has 1 saturated heterocycles. The molecule has 2 atom stereocenters. The topological polar surface area (TPSA) is 49.8 Å². The average Bonchev–Trinajstić information content (AvgIpc) is 3.12. The quantitative estimate of drug-likeness (QED) is 0.914. The molecule has 120 valence electrons. The molecule has 2 heterocycles. The predicted octanol–water partition coefficient (Wildman–Crippen LogP) is 2.79. The summed E-state index contributed by atoms with van der Waals surface area (Å²) in [7, 11) is 0. The fraction of sp³-hybridized carbons (Fsp3) is 0.611. The molecule has 3 rings (SSSR count). The summed E-state index contributed by atoms with van der Waals surface area (Å²) in [6.07, 6.45) is 1.26. The molecule has 4 heteroatoms. The van der Waals surface area contributed by atoms with Crippen LogP contribution in [0.2, 0.25) is 0 Å². The fourth-order valence-electron chi connectivity index (χ4n) is 3.28. The van der Waals surface area contributed by atoms with Crippen molar-refractivity contribution < 1.29 is 14.6 Å². The Labute approximate surface area is 132 Å². The molecule has 2 unspecified atom stereocenters. The molecular weight excluding hydrogens is 278 g/mol. The van der Waals surface area contributed by atoms with Crippen molar-refractivity contribution in [1.82, 2.24) is 4.90 Å². The van der Waals surface area contributed by atoms with Crippen molar-refractivity contribution in [2.75, 3.05) is 6.61 Å². The van der Waals surface area contributed by atoms with Gasteiger partial charge in [0.1, 0.15) is 6.10 Å². The third kappa shape index (κ3) is 2.90. The summed E-state index contributed by atoms with van der Waals surface area (Å²) in [5, 5.41) is 10.5. The number of benzene rings is 1. The summed E-state index contributed by atoms with van der Waals surface area (Å²) in [4.78, 5) is 14.3. The van der Waals surface area contributed by atoms with E-state index in [2.05, 4.69) is 0 Å². The van der Waals surface area contributed by atoms with Crippen LogP contribution in [0, 0.1) is 5.41 Å². The zero-order valence-corrected chi connectivity index (χ0v) is 13.6. The SMILES string of the molecule is CC(C)(C)C(=O)N1Cc2ccc(C(O)C3CCCO3)cc2C1. The van der Waals surface area contributed by atoms with Crippen LogP contribution in [0.15, 0.2) is 18.2 Å². The van der Waals surface area contributed by atoms with Crippen LogP contribution in [-0.2, 0) is 22.6 Å². The first-order chi connectivity index (χ1) is 10.4. The van der Waals surface area contributed by atoms with Crippen molar-refractivity contribution in [1.29, 1.82) is 0 Å². The monoisotopic (exact) mass is 303 g/mol. The van der Waals surface area contributed by atoms with Crippen molar-refractivity contribution in [3.05, 3.63) is 34.9 Å². The number of hydrogen-bond donors (Lipinski definition) is 1. The van der Waals surface area contributed by atoms with Gasteiger partial charge in [-0.1, -0.05) is 39.0 Å². The fourth-order valence-corrected chi connectivity index (χ4v) is 3.28. The Balaban J connectivity index is 1.76. The number of carbonyl (C=O) groups is 1. The highest BCUT2D eigenvalue weighted by molar-refractivity contribution is 5.82. The Bertz CT molecular complexity index is 570. The molecule has 0 radical (unpaired) electrons. The normalized spacial score (nSPS) is 22.7. The van der Waals surface area contributed by atoms with Crippen molar-refractivity contribution in [3.8, 4) is 0 Å². The number of fused-ring (bicyclic) bond motifs is 1. The summed E-state index contributed by atoms with van der Waals surface area (Å²) >= 11 is 0. The van der Waals surface area contributed by atoms with Gasteiger partial charge in [-0.05, 0) is 29.5 Å². The molecule has 22 heavy (non-hydrogen) atoms. The van der Waals surface area contributed by atoms with E-state index in [1.54, 1.807) is 0 Å². The molecular formula is C18H25NO3. The Kier molecular flexibility index (Phi) is 4.00. The van der Waals surface area contributed by atoms with Gasteiger partial charge in [-0.25, -0.2) is 0 Å². The molecule has 0 saturated carbocycles. The first-order valence-electron chi connectivity index (χ1n) is 8.07. The summed E-state index contributed by atoms with van der Waals surface area (Å²) < 4.78 is 5.58. The van der Waals surface area contributed by atoms with E-state index in [1.807, 2.05) is 43.9 Å². The Morgan fingerprint density at radius 2 is 2.05 bits per heavy atom. The molecule has 1 N–H and O–H groups in total. The van der Waals surface area contributed by atoms with Gasteiger partial charge in [0, 0.05) is 25.1 Å². The number of ether oxygens (including phenoxy) is 1. The largest absolute Gasteiger partial charge is 0.386 e. The lowest BCUT2D eigenvalue weighted by atomic mass is 9.95. The minimum absolute atomic E-state index is 0.0910. The zero-order valence-electron chi connectivity index (χ0n) is 13.6. The first kappa shape index (κ1) is 15.5. The minimum Gasteiger partial charge on any atom is -0.386 e. The highest BCUT2D eigenvalue weighted by Crippen LogP contribution is 2.32. The molecule has 0 spiro atoms. The Hall–Kier alpha value is -1.39. The smallest absolute Gasteiger partial charge is 0.228 e. The van der Waals surface area contributed by atoms with Gasteiger partial charge in [-0.3, -0.25) is 4.79 Å². The number of aliphatic hydroxyl groups excluding tert-OH is 1. The number of aliphatic hydroxyl groups is 1. The van der Waals surface area contributed by atoms with Crippen LogP contribution in [-0.4, -0.2) is 28.6 Å². The van der Waals surface area contributed by atoms with E-state index in [4.69, 9.17) is 4.74 Å². The van der Waals surface area contributed by atoms with Crippen molar-refractivity contribution in [3.63, 3.8) is 0 Å². The Morgan fingerprint density at radius 3 is 2.68 bits per heavy atom. The van der Waals surface area contributed by atoms with E-state index in [0.29, 0.717) is 13.1 Å². The van der Waals surface area contributed by atoms with Crippen molar-refractivity contribution in [2.24, 2.45) is 5.41 Å². The highest BCUT2D eigenvalue weighted by Gasteiger charge is 2.32. The standard InChI is InChI=1S/C18H25NO3/c1-18(2,3)17(21)19-10-13-7-6-12(9-14(13)11-19)16(20)15-5-4-8-22-15/h6-7,9,15-16,20H,4-5,8,10-11H2,1-3H3. The summed E-state index contributed by atoms with van der Waals surface area (Å²) in [6.45, 7) is 7.89. The van der Waals surface area contributed by atoms with Gasteiger partial charge in [0.2, 0.25) is 5.91 Å². The summed E-state index contributed by atoms with van der Waals surface area (Å²) in [5.41, 5.74) is 2.87. The maximum absolute atomic E-state index is 12.4. The second kappa shape index (κ2) is 5.67. The predicted molar refractivity (Wildman–Crippen MR) is 84.1 cm³/mol. The van der Waals surface area contributed by atoms with E-state index in [0.717, 1.165) is 30.6 Å². The lowest BCUT2D eigenvalue weighted by molar-refractivity contribution is -0.140. The van der Waals surface area contributed by atoms with Gasteiger partial charge in [-0.2, -0.15) is 0 Å². The number of amides is 1. The molecule has 0 aliphatic carbocycles. The lowest BCUT2D eigenvalue weighted by Crippen LogP contribution is -2.35. The van der Waals surface area contributed by atoms with Crippen molar-refractivity contribution in [2.45, 2.75) is 58.9 Å². The van der Waals surface area contributed by atoms with Gasteiger partial charge in [0.05, 0.1) is 6.10 Å². The van der Waals surface area contributed by atoms with Crippen LogP contribution in [0.1, 0.15) is 56.4 Å². The molecule has 1 aromatic carbocycles. The molecule has 2 aliphatic heterocycles. The van der Waals surface area contributed by atoms with E-state index >= 15 is 0 Å². The van der Waals surface area contributed by atoms with E-state index in [1.165, 1.54) is 5.56 Å². The van der Waals surface area contributed by atoms with Crippen LogP contribution in [0.5, 0.6) is 0 Å². The zero-order chi connectivity index (χ0) is 15.9. The molecule has 0 aromatic heterocycles. The van der Waals surface area contributed by atoms with Gasteiger partial charge in [0.15, 0.2) is 0 Å². The highest BCUT2D eigenvalue weighted by atomic mass is 16.5. The van der Waals surface area contributed by atoms with Crippen LogP contribution in [0.25, 0.3) is 0 Å². The first-order valence-corrected chi connectivity index (χ1v) is 8.07. The van der Waals surface area contributed by atoms with Crippen molar-refractivity contribution >= 4 is 5.91 Å². The maximum atomic E-state index is 12.4. The second-order valence-corrected chi connectivity index (χ2v) is 7.44. The number of carbonyl (C=O) groups excluding carboxylic acids is 1. The number of nitrogens with zero attached hydrogens (tertiary/aromatic N) is 1. The third-order valence-electron chi connectivity index (χ3n) is 4.54. The van der Waals surface area contributed by atoms with Gasteiger partial charge < -0.3 is 14.7 Å². The van der Waals surface area contributed by atoms with Gasteiger partial charge in [-0.15, -0.1) is 0 Å². The van der Waals surface area contributed by atoms with E-state index < -0.39 is 6.10 Å². The van der Waals surface area contributed by atoms with Gasteiger partial charge in [0.25, 0.3) is 0 Å². The van der Waals surface area contributed by atoms with Gasteiger partial charge >= 0.3 is 0 Å². The molecule has 1 amide bonds. The van der Waals surface area contributed by atoms with Crippen LogP contribution >= 0.6 is 0 Å². The average molecular weight is 303 g/mol. The number of hydrogen-bond acceptors (Lipinski definition) is 3. The maximum Gasteiger partial charge on any atom is 0.228 e. The summed E-state index contributed by atoms with van der Waals surface area (Å²) in [6, 6.07) is 6.05. The molecule has 4 nitrogen and oxygen atoms in total. The molecule has 1 aromatic rings. The van der Waals surface area contributed by atoms with E-state index in [9.17, 15) is 9.90 Å². The van der Waals surface area contributed by atoms with E-state index in [-0.39, 0.29) is 17.4 Å². The van der Waals surface area contributed by atoms with Crippen LogP contribution < -0.4 is 0 Å². The Morgan fingerprint density at radius 1 is 1.32 bits per heavy atom. The lowest BCUT2D eigenvalue weighted by Gasteiger charge is -2.25.